The van der Waals surface area contributed by atoms with Gasteiger partial charge in [-0.1, -0.05) is 85.0 Å². The van der Waals surface area contributed by atoms with E-state index < -0.39 is 0 Å². The smallest absolute Gasteiger partial charge is 0.0433 e. The molecule has 0 rings (SSSR count). The summed E-state index contributed by atoms with van der Waals surface area (Å²) in [6.45, 7) is 7.25. The Labute approximate surface area is 144 Å². The van der Waals surface area contributed by atoms with Crippen LogP contribution >= 0.6 is 0 Å². The first-order valence-corrected chi connectivity index (χ1v) is 8.39. The molecule has 19 heavy (non-hydrogen) atoms. The zero-order valence-corrected chi connectivity index (χ0v) is 16.1. The third-order valence-corrected chi connectivity index (χ3v) is 4.38. The predicted molar refractivity (Wildman–Crippen MR) is 87.6 cm³/mol. The Balaban J connectivity index is 0. The Morgan fingerprint density at radius 3 is 1.58 bits per heavy atom. The van der Waals surface area contributed by atoms with Gasteiger partial charge < -0.3 is 5.11 Å². The van der Waals surface area contributed by atoms with Crippen molar-refractivity contribution in [1.82, 2.24) is 0 Å². The Morgan fingerprint density at radius 1 is 0.684 bits per heavy atom. The van der Waals surface area contributed by atoms with Crippen molar-refractivity contribution in [2.75, 3.05) is 6.61 Å². The quantitative estimate of drug-likeness (QED) is 0.364. The largest absolute Gasteiger partial charge is 0.396 e. The molecule has 0 saturated carbocycles. The van der Waals surface area contributed by atoms with Gasteiger partial charge in [0.25, 0.3) is 0 Å². The third-order valence-electron chi connectivity index (χ3n) is 4.38. The van der Waals surface area contributed by atoms with Gasteiger partial charge in [0.1, 0.15) is 0 Å². The Morgan fingerprint density at radius 2 is 1.16 bits per heavy atom. The van der Waals surface area contributed by atoms with Crippen LogP contribution in [0.4, 0.5) is 0 Å². The van der Waals surface area contributed by atoms with Crippen LogP contribution in [0.3, 0.4) is 0 Å². The van der Waals surface area contributed by atoms with Crippen molar-refractivity contribution in [3.8, 4) is 0 Å². The van der Waals surface area contributed by atoms with Crippen molar-refractivity contribution in [3.05, 3.63) is 0 Å². The molecule has 111 valence electrons. The SMILES string of the molecule is CCCCC(CC)CCCCCC(CC)CCO.[Na]. The second kappa shape index (κ2) is 17.0. The zero-order valence-electron chi connectivity index (χ0n) is 14.1. The van der Waals surface area contributed by atoms with E-state index in [9.17, 15) is 0 Å². The van der Waals surface area contributed by atoms with Gasteiger partial charge in [-0.15, -0.1) is 0 Å². The number of aliphatic hydroxyl groups is 1. The fourth-order valence-electron chi connectivity index (χ4n) is 2.82. The second-order valence-corrected chi connectivity index (χ2v) is 5.84. The molecule has 0 aliphatic carbocycles. The molecule has 0 aliphatic heterocycles. The number of aliphatic hydroxyl groups excluding tert-OH is 1. The van der Waals surface area contributed by atoms with Gasteiger partial charge in [0, 0.05) is 36.2 Å². The molecule has 2 unspecified atom stereocenters. The van der Waals surface area contributed by atoms with Crippen LogP contribution in [-0.2, 0) is 0 Å². The van der Waals surface area contributed by atoms with Gasteiger partial charge in [0.05, 0.1) is 0 Å². The van der Waals surface area contributed by atoms with Crippen LogP contribution in [0.1, 0.15) is 91.4 Å². The summed E-state index contributed by atoms with van der Waals surface area (Å²) in [4.78, 5) is 0. The van der Waals surface area contributed by atoms with E-state index in [1.54, 1.807) is 0 Å². The molecular formula is C17H36NaO. The average molecular weight is 279 g/mol. The van der Waals surface area contributed by atoms with E-state index in [0.717, 1.165) is 18.3 Å². The summed E-state index contributed by atoms with van der Waals surface area (Å²) in [6.07, 6.45) is 14.7. The fraction of sp³-hybridized carbons (Fsp3) is 1.00. The Bertz CT molecular complexity index is 161. The van der Waals surface area contributed by atoms with Gasteiger partial charge in [0.2, 0.25) is 0 Å². The molecule has 0 amide bonds. The summed E-state index contributed by atoms with van der Waals surface area (Å²) in [6, 6.07) is 0. The molecule has 0 aromatic rings. The standard InChI is InChI=1S/C17H36O.Na/c1-4-7-11-16(5-2)12-9-8-10-13-17(6-3)14-15-18;/h16-18H,4-15H2,1-3H3;. The maximum absolute atomic E-state index is 8.96. The van der Waals surface area contributed by atoms with Gasteiger partial charge in [-0.2, -0.15) is 0 Å². The van der Waals surface area contributed by atoms with Gasteiger partial charge >= 0.3 is 0 Å². The maximum Gasteiger partial charge on any atom is 0.0433 e. The fourth-order valence-corrected chi connectivity index (χ4v) is 2.82. The van der Waals surface area contributed by atoms with Crippen LogP contribution in [0, 0.1) is 11.8 Å². The van der Waals surface area contributed by atoms with Crippen molar-refractivity contribution in [2.24, 2.45) is 11.8 Å². The van der Waals surface area contributed by atoms with Crippen molar-refractivity contribution in [3.63, 3.8) is 0 Å². The topological polar surface area (TPSA) is 20.2 Å². The first-order chi connectivity index (χ1) is 8.78. The van der Waals surface area contributed by atoms with E-state index in [0.29, 0.717) is 6.61 Å². The van der Waals surface area contributed by atoms with Crippen molar-refractivity contribution in [2.45, 2.75) is 91.4 Å². The molecule has 0 aromatic carbocycles. The van der Waals surface area contributed by atoms with E-state index >= 15 is 0 Å². The minimum atomic E-state index is 0. The molecule has 0 saturated heterocycles. The number of rotatable bonds is 13. The molecule has 2 heteroatoms. The van der Waals surface area contributed by atoms with E-state index in [-0.39, 0.29) is 29.6 Å². The van der Waals surface area contributed by atoms with E-state index in [1.807, 2.05) is 0 Å². The summed E-state index contributed by atoms with van der Waals surface area (Å²) in [5.41, 5.74) is 0. The molecule has 0 aromatic heterocycles. The normalized spacial score (nSPS) is 13.9. The van der Waals surface area contributed by atoms with E-state index in [2.05, 4.69) is 20.8 Å². The molecule has 0 heterocycles. The van der Waals surface area contributed by atoms with Crippen molar-refractivity contribution >= 4 is 29.6 Å². The van der Waals surface area contributed by atoms with Crippen LogP contribution in [0.2, 0.25) is 0 Å². The third kappa shape index (κ3) is 13.7. The number of hydrogen-bond acceptors (Lipinski definition) is 1. The molecule has 1 radical (unpaired) electrons. The van der Waals surface area contributed by atoms with Crippen LogP contribution in [-0.4, -0.2) is 41.3 Å². The minimum Gasteiger partial charge on any atom is -0.396 e. The molecule has 1 N–H and O–H groups in total. The second-order valence-electron chi connectivity index (χ2n) is 5.84. The Kier molecular flexibility index (Phi) is 19.9. The minimum absolute atomic E-state index is 0. The molecule has 0 bridgehead atoms. The number of unbranched alkanes of at least 4 members (excludes halogenated alkanes) is 3. The molecule has 1 nitrogen and oxygen atoms in total. The van der Waals surface area contributed by atoms with Crippen LogP contribution in [0.5, 0.6) is 0 Å². The zero-order chi connectivity index (χ0) is 13.6. The molecule has 0 aliphatic rings. The van der Waals surface area contributed by atoms with E-state index in [1.165, 1.54) is 64.2 Å². The Hall–Kier alpha value is 0.960. The summed E-state index contributed by atoms with van der Waals surface area (Å²) >= 11 is 0. The van der Waals surface area contributed by atoms with Gasteiger partial charge in [-0.3, -0.25) is 0 Å². The predicted octanol–water partition coefficient (Wildman–Crippen LogP) is 5.18. The summed E-state index contributed by atoms with van der Waals surface area (Å²) in [5, 5.41) is 8.96. The first-order valence-electron chi connectivity index (χ1n) is 8.39. The maximum atomic E-state index is 8.96. The molecule has 0 spiro atoms. The van der Waals surface area contributed by atoms with Crippen molar-refractivity contribution < 1.29 is 5.11 Å². The van der Waals surface area contributed by atoms with Gasteiger partial charge in [0.15, 0.2) is 0 Å². The van der Waals surface area contributed by atoms with Gasteiger partial charge in [-0.05, 0) is 18.3 Å². The molecular weight excluding hydrogens is 243 g/mol. The van der Waals surface area contributed by atoms with Crippen LogP contribution < -0.4 is 0 Å². The molecule has 0 fully saturated rings. The van der Waals surface area contributed by atoms with Crippen molar-refractivity contribution in [1.29, 1.82) is 0 Å². The van der Waals surface area contributed by atoms with E-state index in [4.69, 9.17) is 5.11 Å². The summed E-state index contributed by atoms with van der Waals surface area (Å²) in [5.74, 6) is 1.74. The van der Waals surface area contributed by atoms with Crippen LogP contribution in [0.15, 0.2) is 0 Å². The molecule has 2 atom stereocenters. The summed E-state index contributed by atoms with van der Waals surface area (Å²) in [7, 11) is 0. The summed E-state index contributed by atoms with van der Waals surface area (Å²) < 4.78 is 0. The first kappa shape index (κ1) is 22.2. The van der Waals surface area contributed by atoms with Crippen LogP contribution in [0.25, 0.3) is 0 Å². The van der Waals surface area contributed by atoms with Gasteiger partial charge in [-0.25, -0.2) is 0 Å². The monoisotopic (exact) mass is 279 g/mol. The average Bonchev–Trinajstić information content (AvgIpc) is 2.40. The number of hydrogen-bond donors (Lipinski definition) is 1.